The van der Waals surface area contributed by atoms with E-state index in [1.54, 1.807) is 0 Å². The third-order valence-electron chi connectivity index (χ3n) is 2.80. The number of aryl methyl sites for hydroxylation is 2. The molecule has 0 aliphatic heterocycles. The lowest BCUT2D eigenvalue weighted by Crippen LogP contribution is -2.39. The van der Waals surface area contributed by atoms with E-state index in [1.165, 1.54) is 5.56 Å². The molecule has 3 nitrogen and oxygen atoms in total. The molecule has 0 aliphatic rings. The van der Waals surface area contributed by atoms with Gasteiger partial charge in [-0.25, -0.2) is 0 Å². The summed E-state index contributed by atoms with van der Waals surface area (Å²) in [5.41, 5.74) is 8.95. The molecule has 1 atom stereocenters. The van der Waals surface area contributed by atoms with E-state index < -0.39 is 6.04 Å². The second-order valence-corrected chi connectivity index (χ2v) is 4.56. The van der Waals surface area contributed by atoms with Crippen molar-refractivity contribution in [3.05, 3.63) is 29.3 Å². The highest BCUT2D eigenvalue weighted by atomic mass is 35.5. The lowest BCUT2D eigenvalue weighted by molar-refractivity contribution is -0.118. The number of nitrogens with one attached hydrogen (secondary N) is 1. The average Bonchev–Trinajstić information content (AvgIpc) is 2.22. The van der Waals surface area contributed by atoms with Gasteiger partial charge in [-0.3, -0.25) is 4.79 Å². The van der Waals surface area contributed by atoms with Gasteiger partial charge in [0.25, 0.3) is 0 Å². The van der Waals surface area contributed by atoms with Crippen molar-refractivity contribution in [2.24, 2.45) is 11.7 Å². The Kier molecular flexibility index (Phi) is 6.21. The quantitative estimate of drug-likeness (QED) is 0.874. The van der Waals surface area contributed by atoms with Crippen LogP contribution in [0.2, 0.25) is 0 Å². The minimum Gasteiger partial charge on any atom is -0.325 e. The number of amides is 1. The third kappa shape index (κ3) is 4.36. The smallest absolute Gasteiger partial charge is 0.241 e. The van der Waals surface area contributed by atoms with Crippen LogP contribution in [0.15, 0.2) is 18.2 Å². The maximum atomic E-state index is 11.7. The van der Waals surface area contributed by atoms with Gasteiger partial charge in [-0.05, 0) is 43.0 Å². The van der Waals surface area contributed by atoms with Crippen molar-refractivity contribution in [2.45, 2.75) is 33.7 Å². The van der Waals surface area contributed by atoms with Crippen LogP contribution in [-0.2, 0) is 4.79 Å². The maximum Gasteiger partial charge on any atom is 0.241 e. The van der Waals surface area contributed by atoms with Gasteiger partial charge in [0.05, 0.1) is 6.04 Å². The van der Waals surface area contributed by atoms with Crippen LogP contribution in [0.4, 0.5) is 5.69 Å². The standard InChI is InChI=1S/C13H20N2O.ClH/c1-8(2)12(14)13(16)15-11-6-5-9(3)10(4)7-11;/h5-8,12H,14H2,1-4H3,(H,15,16);1H/t12-;/m1./s1. The van der Waals surface area contributed by atoms with Gasteiger partial charge in [0.2, 0.25) is 5.91 Å². The minimum atomic E-state index is -0.457. The molecule has 4 heteroatoms. The normalized spacial score (nSPS) is 11.9. The number of rotatable bonds is 3. The number of carbonyl (C=O) groups excluding carboxylic acids is 1. The molecule has 0 unspecified atom stereocenters. The zero-order valence-electron chi connectivity index (χ0n) is 10.8. The van der Waals surface area contributed by atoms with Gasteiger partial charge in [0.1, 0.15) is 0 Å². The van der Waals surface area contributed by atoms with Crippen molar-refractivity contribution in [3.8, 4) is 0 Å². The summed E-state index contributed by atoms with van der Waals surface area (Å²) in [5.74, 6) is 0.0183. The van der Waals surface area contributed by atoms with Crippen LogP contribution in [0.1, 0.15) is 25.0 Å². The summed E-state index contributed by atoms with van der Waals surface area (Å²) in [6, 6.07) is 5.39. The Hall–Kier alpha value is -1.06. The minimum absolute atomic E-state index is 0. The van der Waals surface area contributed by atoms with Crippen LogP contribution in [-0.4, -0.2) is 11.9 Å². The predicted molar refractivity (Wildman–Crippen MR) is 74.6 cm³/mol. The molecule has 0 spiro atoms. The summed E-state index contributed by atoms with van der Waals surface area (Å²) in [4.78, 5) is 11.7. The lowest BCUT2D eigenvalue weighted by Gasteiger charge is -2.15. The SMILES string of the molecule is Cc1ccc(NC(=O)[C@H](N)C(C)C)cc1C.Cl. The molecule has 0 bridgehead atoms. The van der Waals surface area contributed by atoms with E-state index in [9.17, 15) is 4.79 Å². The van der Waals surface area contributed by atoms with E-state index in [0.717, 1.165) is 11.3 Å². The van der Waals surface area contributed by atoms with Gasteiger partial charge in [-0.1, -0.05) is 19.9 Å². The van der Waals surface area contributed by atoms with Crippen LogP contribution in [0.3, 0.4) is 0 Å². The first-order valence-electron chi connectivity index (χ1n) is 5.55. The molecule has 0 aliphatic carbocycles. The first-order valence-corrected chi connectivity index (χ1v) is 5.55. The maximum absolute atomic E-state index is 11.7. The molecular weight excluding hydrogens is 236 g/mol. The topological polar surface area (TPSA) is 55.1 Å². The Labute approximate surface area is 109 Å². The fourth-order valence-electron chi connectivity index (χ4n) is 1.35. The fraction of sp³-hybridized carbons (Fsp3) is 0.462. The Morgan fingerprint density at radius 3 is 2.29 bits per heavy atom. The molecule has 1 aromatic rings. The van der Waals surface area contributed by atoms with E-state index in [0.29, 0.717) is 0 Å². The molecule has 1 aromatic carbocycles. The third-order valence-corrected chi connectivity index (χ3v) is 2.80. The Morgan fingerprint density at radius 1 is 1.24 bits per heavy atom. The van der Waals surface area contributed by atoms with E-state index in [4.69, 9.17) is 5.73 Å². The Balaban J connectivity index is 0.00000256. The van der Waals surface area contributed by atoms with Gasteiger partial charge >= 0.3 is 0 Å². The van der Waals surface area contributed by atoms with Gasteiger partial charge in [0.15, 0.2) is 0 Å². The van der Waals surface area contributed by atoms with Crippen molar-refractivity contribution < 1.29 is 4.79 Å². The van der Waals surface area contributed by atoms with Gasteiger partial charge in [-0.2, -0.15) is 0 Å². The van der Waals surface area contributed by atoms with E-state index in [1.807, 2.05) is 45.9 Å². The molecule has 0 saturated heterocycles. The molecule has 0 fully saturated rings. The lowest BCUT2D eigenvalue weighted by atomic mass is 10.0. The van der Waals surface area contributed by atoms with E-state index in [-0.39, 0.29) is 24.2 Å². The van der Waals surface area contributed by atoms with Crippen molar-refractivity contribution in [2.75, 3.05) is 5.32 Å². The highest BCUT2D eigenvalue weighted by molar-refractivity contribution is 5.94. The van der Waals surface area contributed by atoms with Crippen LogP contribution in [0, 0.1) is 19.8 Å². The first kappa shape index (κ1) is 15.9. The summed E-state index contributed by atoms with van der Waals surface area (Å²) in [7, 11) is 0. The average molecular weight is 257 g/mol. The highest BCUT2D eigenvalue weighted by Crippen LogP contribution is 2.14. The number of carbonyl (C=O) groups is 1. The molecular formula is C13H21ClN2O. The van der Waals surface area contributed by atoms with Gasteiger partial charge < -0.3 is 11.1 Å². The first-order chi connectivity index (χ1) is 7.41. The monoisotopic (exact) mass is 256 g/mol. The van der Waals surface area contributed by atoms with E-state index in [2.05, 4.69) is 5.32 Å². The Morgan fingerprint density at radius 2 is 1.82 bits per heavy atom. The van der Waals surface area contributed by atoms with Crippen LogP contribution >= 0.6 is 12.4 Å². The fourth-order valence-corrected chi connectivity index (χ4v) is 1.35. The number of hydrogen-bond donors (Lipinski definition) is 2. The van der Waals surface area contributed by atoms with Crippen molar-refractivity contribution in [3.63, 3.8) is 0 Å². The largest absolute Gasteiger partial charge is 0.325 e. The number of hydrogen-bond acceptors (Lipinski definition) is 2. The molecule has 0 aromatic heterocycles. The number of nitrogens with two attached hydrogens (primary N) is 1. The molecule has 17 heavy (non-hydrogen) atoms. The predicted octanol–water partition coefficient (Wildman–Crippen LogP) is 2.65. The molecule has 0 saturated carbocycles. The summed E-state index contributed by atoms with van der Waals surface area (Å²) in [6.07, 6.45) is 0. The van der Waals surface area contributed by atoms with Crippen LogP contribution in [0.5, 0.6) is 0 Å². The van der Waals surface area contributed by atoms with Crippen LogP contribution in [0.25, 0.3) is 0 Å². The summed E-state index contributed by atoms with van der Waals surface area (Å²) in [5, 5.41) is 2.83. The summed E-state index contributed by atoms with van der Waals surface area (Å²) < 4.78 is 0. The second-order valence-electron chi connectivity index (χ2n) is 4.56. The van der Waals surface area contributed by atoms with Crippen molar-refractivity contribution >= 4 is 24.0 Å². The molecule has 96 valence electrons. The molecule has 3 N–H and O–H groups in total. The number of anilines is 1. The van der Waals surface area contributed by atoms with Crippen molar-refractivity contribution in [1.82, 2.24) is 0 Å². The summed E-state index contributed by atoms with van der Waals surface area (Å²) >= 11 is 0. The highest BCUT2D eigenvalue weighted by Gasteiger charge is 2.17. The molecule has 1 amide bonds. The zero-order chi connectivity index (χ0) is 12.3. The molecule has 0 heterocycles. The van der Waals surface area contributed by atoms with Crippen molar-refractivity contribution in [1.29, 1.82) is 0 Å². The molecule has 0 radical (unpaired) electrons. The van der Waals surface area contributed by atoms with Gasteiger partial charge in [0, 0.05) is 5.69 Å². The Bertz CT molecular complexity index is 391. The van der Waals surface area contributed by atoms with Gasteiger partial charge in [-0.15, -0.1) is 12.4 Å². The number of benzene rings is 1. The second kappa shape index (κ2) is 6.62. The molecule has 1 rings (SSSR count). The summed E-state index contributed by atoms with van der Waals surface area (Å²) in [6.45, 7) is 7.93. The van der Waals surface area contributed by atoms with E-state index >= 15 is 0 Å². The number of halogens is 1. The zero-order valence-corrected chi connectivity index (χ0v) is 11.6. The van der Waals surface area contributed by atoms with Crippen LogP contribution < -0.4 is 11.1 Å².